The summed E-state index contributed by atoms with van der Waals surface area (Å²) in [6.07, 6.45) is 4.91. The molecule has 0 amide bonds. The van der Waals surface area contributed by atoms with Crippen molar-refractivity contribution < 1.29 is 0 Å². The topological polar surface area (TPSA) is 42.7 Å². The molecule has 0 bridgehead atoms. The molecule has 0 fully saturated rings. The highest BCUT2D eigenvalue weighted by atomic mass is 32.2. The number of rotatable bonds is 4. The molecule has 108 valence electrons. The highest BCUT2D eigenvalue weighted by molar-refractivity contribution is 7.99. The summed E-state index contributed by atoms with van der Waals surface area (Å²) < 4.78 is 2.33. The highest BCUT2D eigenvalue weighted by Gasteiger charge is 2.24. The molecule has 4 nitrogen and oxygen atoms in total. The fourth-order valence-corrected chi connectivity index (χ4v) is 3.92. The predicted octanol–water partition coefficient (Wildman–Crippen LogP) is 2.73. The third-order valence-corrected chi connectivity index (χ3v) is 4.91. The minimum Gasteiger partial charge on any atom is -0.316 e. The van der Waals surface area contributed by atoms with E-state index < -0.39 is 0 Å². The molecule has 1 aliphatic rings. The molecule has 0 aromatic carbocycles. The van der Waals surface area contributed by atoms with Crippen molar-refractivity contribution in [1.82, 2.24) is 20.1 Å². The maximum Gasteiger partial charge on any atom is 0.191 e. The number of nitrogens with one attached hydrogen (secondary N) is 1. The van der Waals surface area contributed by atoms with Crippen LogP contribution in [0.4, 0.5) is 0 Å². The van der Waals surface area contributed by atoms with E-state index in [0.29, 0.717) is 6.04 Å². The van der Waals surface area contributed by atoms with Crippen molar-refractivity contribution in [3.05, 3.63) is 5.82 Å². The van der Waals surface area contributed by atoms with E-state index in [1.807, 2.05) is 18.8 Å². The van der Waals surface area contributed by atoms with Gasteiger partial charge in [-0.05, 0) is 25.3 Å². The van der Waals surface area contributed by atoms with Crippen LogP contribution in [0.2, 0.25) is 0 Å². The fraction of sp³-hybridized carbons (Fsp3) is 0.857. The van der Waals surface area contributed by atoms with E-state index in [1.54, 1.807) is 0 Å². The third-order valence-electron chi connectivity index (χ3n) is 3.85. The molecule has 1 atom stereocenters. The molecule has 0 saturated heterocycles. The minimum atomic E-state index is 0.267. The van der Waals surface area contributed by atoms with Crippen LogP contribution in [-0.4, -0.2) is 33.6 Å². The van der Waals surface area contributed by atoms with Crippen LogP contribution < -0.4 is 5.32 Å². The lowest BCUT2D eigenvalue weighted by Gasteiger charge is -2.29. The largest absolute Gasteiger partial charge is 0.316 e. The average Bonchev–Trinajstić information content (AvgIpc) is 2.58. The Morgan fingerprint density at radius 3 is 2.74 bits per heavy atom. The van der Waals surface area contributed by atoms with E-state index in [9.17, 15) is 0 Å². The lowest BCUT2D eigenvalue weighted by molar-refractivity contribution is 0.305. The third kappa shape index (κ3) is 3.72. The molecule has 0 radical (unpaired) electrons. The van der Waals surface area contributed by atoms with Gasteiger partial charge in [0.25, 0.3) is 0 Å². The zero-order valence-electron chi connectivity index (χ0n) is 12.6. The van der Waals surface area contributed by atoms with Gasteiger partial charge in [-0.25, -0.2) is 0 Å². The molecule has 0 aliphatic carbocycles. The van der Waals surface area contributed by atoms with Crippen LogP contribution in [0.5, 0.6) is 0 Å². The second-order valence-electron chi connectivity index (χ2n) is 6.38. The van der Waals surface area contributed by atoms with Crippen molar-refractivity contribution in [1.29, 1.82) is 0 Å². The van der Waals surface area contributed by atoms with Crippen molar-refractivity contribution in [2.24, 2.45) is 5.41 Å². The van der Waals surface area contributed by atoms with E-state index in [2.05, 4.69) is 40.9 Å². The van der Waals surface area contributed by atoms with Crippen LogP contribution in [0.1, 0.15) is 45.9 Å². The maximum atomic E-state index is 4.38. The molecule has 1 aromatic heterocycles. The molecule has 1 unspecified atom stereocenters. The Hall–Kier alpha value is -0.550. The molecule has 1 aromatic rings. The summed E-state index contributed by atoms with van der Waals surface area (Å²) in [7, 11) is 2.04. The normalized spacial score (nSPS) is 17.9. The fourth-order valence-electron chi connectivity index (χ4n) is 2.49. The second kappa shape index (κ2) is 6.27. The van der Waals surface area contributed by atoms with Crippen LogP contribution in [0.15, 0.2) is 5.16 Å². The Morgan fingerprint density at radius 1 is 1.26 bits per heavy atom. The first-order chi connectivity index (χ1) is 9.02. The van der Waals surface area contributed by atoms with Crippen molar-refractivity contribution in [3.8, 4) is 0 Å². The molecule has 0 spiro atoms. The van der Waals surface area contributed by atoms with Crippen LogP contribution in [0, 0.1) is 5.41 Å². The van der Waals surface area contributed by atoms with Gasteiger partial charge in [0.15, 0.2) is 5.16 Å². The van der Waals surface area contributed by atoms with Gasteiger partial charge < -0.3 is 9.88 Å². The Labute approximate surface area is 120 Å². The van der Waals surface area contributed by atoms with Crippen molar-refractivity contribution >= 4 is 11.8 Å². The van der Waals surface area contributed by atoms with Crippen LogP contribution in [-0.2, 0) is 13.0 Å². The van der Waals surface area contributed by atoms with Gasteiger partial charge >= 0.3 is 0 Å². The van der Waals surface area contributed by atoms with Gasteiger partial charge in [0.05, 0.1) is 0 Å². The number of hydrogen-bond donors (Lipinski definition) is 1. The number of hydrogen-bond acceptors (Lipinski definition) is 4. The van der Waals surface area contributed by atoms with E-state index in [-0.39, 0.29) is 5.41 Å². The lowest BCUT2D eigenvalue weighted by atomic mass is 9.88. The number of thioether (sulfide) groups is 1. The predicted molar refractivity (Wildman–Crippen MR) is 80.6 cm³/mol. The summed E-state index contributed by atoms with van der Waals surface area (Å²) >= 11 is 1.84. The van der Waals surface area contributed by atoms with Crippen molar-refractivity contribution in [2.75, 3.05) is 12.8 Å². The Balaban J connectivity index is 2.02. The van der Waals surface area contributed by atoms with Gasteiger partial charge in [-0.3, -0.25) is 0 Å². The Kier molecular flexibility index (Phi) is 4.90. The maximum absolute atomic E-state index is 4.38. The van der Waals surface area contributed by atoms with Crippen molar-refractivity contribution in [3.63, 3.8) is 0 Å². The van der Waals surface area contributed by atoms with Gasteiger partial charge in [-0.15, -0.1) is 10.2 Å². The molecule has 2 rings (SSSR count). The highest BCUT2D eigenvalue weighted by Crippen LogP contribution is 2.27. The molecule has 19 heavy (non-hydrogen) atoms. The Bertz CT molecular complexity index is 408. The first-order valence-corrected chi connectivity index (χ1v) is 8.23. The second-order valence-corrected chi connectivity index (χ2v) is 7.37. The average molecular weight is 282 g/mol. The summed E-state index contributed by atoms with van der Waals surface area (Å²) in [5.41, 5.74) is 0.267. The van der Waals surface area contributed by atoms with Gasteiger partial charge in [-0.2, -0.15) is 0 Å². The van der Waals surface area contributed by atoms with E-state index >= 15 is 0 Å². The number of aromatic nitrogens is 3. The summed E-state index contributed by atoms with van der Waals surface area (Å²) in [5, 5.41) is 13.2. The summed E-state index contributed by atoms with van der Waals surface area (Å²) in [6, 6.07) is 0.483. The molecule has 2 heterocycles. The van der Waals surface area contributed by atoms with Gasteiger partial charge in [0, 0.05) is 24.8 Å². The smallest absolute Gasteiger partial charge is 0.191 e. The van der Waals surface area contributed by atoms with Crippen LogP contribution >= 0.6 is 11.8 Å². The van der Waals surface area contributed by atoms with Gasteiger partial charge in [-0.1, -0.05) is 39.0 Å². The number of nitrogens with zero attached hydrogens (tertiary/aromatic N) is 3. The summed E-state index contributed by atoms with van der Waals surface area (Å²) in [5.74, 6) is 2.22. The lowest BCUT2D eigenvalue weighted by Crippen LogP contribution is -2.40. The van der Waals surface area contributed by atoms with Crippen molar-refractivity contribution in [2.45, 2.75) is 64.2 Å². The molecular weight excluding hydrogens is 256 g/mol. The Morgan fingerprint density at radius 2 is 2.05 bits per heavy atom. The molecule has 1 N–H and O–H groups in total. The van der Waals surface area contributed by atoms with Gasteiger partial charge in [0.2, 0.25) is 0 Å². The molecular formula is C14H26N4S. The van der Waals surface area contributed by atoms with E-state index in [1.165, 1.54) is 25.1 Å². The number of fused-ring (bicyclic) bond motifs is 1. The van der Waals surface area contributed by atoms with Gasteiger partial charge in [0.1, 0.15) is 5.82 Å². The molecule has 0 saturated carbocycles. The first-order valence-electron chi connectivity index (χ1n) is 7.24. The first kappa shape index (κ1) is 14.9. The van der Waals surface area contributed by atoms with E-state index in [0.717, 1.165) is 23.9 Å². The van der Waals surface area contributed by atoms with E-state index in [4.69, 9.17) is 0 Å². The zero-order valence-corrected chi connectivity index (χ0v) is 13.4. The summed E-state index contributed by atoms with van der Waals surface area (Å²) in [4.78, 5) is 0. The van der Waals surface area contributed by atoms with Crippen LogP contribution in [0.25, 0.3) is 0 Å². The minimum absolute atomic E-state index is 0.267. The summed E-state index contributed by atoms with van der Waals surface area (Å²) in [6.45, 7) is 7.92. The SMILES string of the molecule is CNC(CSc1nnc2n1CCCCC2)C(C)(C)C. The van der Waals surface area contributed by atoms with Crippen LogP contribution in [0.3, 0.4) is 0 Å². The molecule has 1 aliphatic heterocycles. The standard InChI is InChI=1S/C14H26N4S/c1-14(2,3)11(15-4)10-19-13-17-16-12-8-6-5-7-9-18(12)13/h11,15H,5-10H2,1-4H3. The zero-order chi connectivity index (χ0) is 13.9. The monoisotopic (exact) mass is 282 g/mol. The quantitative estimate of drug-likeness (QED) is 0.862. The molecule has 5 heteroatoms. The number of aryl methyl sites for hydroxylation is 1.